The van der Waals surface area contributed by atoms with Crippen LogP contribution in [0.1, 0.15) is 48.2 Å². The molecule has 0 saturated heterocycles. The lowest BCUT2D eigenvalue weighted by Gasteiger charge is -2.27. The van der Waals surface area contributed by atoms with Gasteiger partial charge < -0.3 is 4.74 Å². The van der Waals surface area contributed by atoms with Crippen molar-refractivity contribution in [2.24, 2.45) is 0 Å². The molecule has 0 radical (unpaired) electrons. The first kappa shape index (κ1) is 16.2. The average Bonchev–Trinajstić information content (AvgIpc) is 2.97. The van der Waals surface area contributed by atoms with Gasteiger partial charge in [-0.1, -0.05) is 19.1 Å². The summed E-state index contributed by atoms with van der Waals surface area (Å²) >= 11 is 0. The number of aryl methyl sites for hydroxylation is 2. The number of carbonyl (C=O) groups excluding carboxylic acids is 1. The predicted octanol–water partition coefficient (Wildman–Crippen LogP) is 3.10. The van der Waals surface area contributed by atoms with E-state index in [0.717, 1.165) is 31.4 Å². The van der Waals surface area contributed by atoms with Crippen LogP contribution in [0.5, 0.6) is 0 Å². The Balaban J connectivity index is 2.04. The number of methoxy groups -OCH3 is 1. The first-order chi connectivity index (χ1) is 10.2. The normalized spacial score (nSPS) is 15.2. The number of benzene rings is 1. The molecule has 3 nitrogen and oxygen atoms in total. The first-order valence-corrected chi connectivity index (χ1v) is 8.03. The van der Waals surface area contributed by atoms with Crippen molar-refractivity contribution in [1.29, 1.82) is 0 Å². The van der Waals surface area contributed by atoms with E-state index in [9.17, 15) is 4.79 Å². The zero-order valence-corrected chi connectivity index (χ0v) is 13.5. The summed E-state index contributed by atoms with van der Waals surface area (Å²) in [5.41, 5.74) is 3.65. The predicted molar refractivity (Wildman–Crippen MR) is 86.0 cm³/mol. The molecule has 0 fully saturated rings. The van der Waals surface area contributed by atoms with Gasteiger partial charge >= 0.3 is 0 Å². The maximum atomic E-state index is 12.6. The van der Waals surface area contributed by atoms with E-state index in [-0.39, 0.29) is 5.78 Å². The molecule has 0 aliphatic heterocycles. The van der Waals surface area contributed by atoms with E-state index in [1.807, 2.05) is 6.07 Å². The zero-order valence-electron chi connectivity index (χ0n) is 13.5. The lowest BCUT2D eigenvalue weighted by molar-refractivity contribution is 0.0834. The molecule has 0 heterocycles. The Hall–Kier alpha value is -1.19. The molecule has 0 bridgehead atoms. The quantitative estimate of drug-likeness (QED) is 0.689. The Morgan fingerprint density at radius 2 is 2.10 bits per heavy atom. The number of hydrogen-bond acceptors (Lipinski definition) is 3. The SMILES string of the molecule is CCC(C)N(CCOC)CC(=O)c1ccc2c(c1)CCC2. The van der Waals surface area contributed by atoms with Crippen molar-refractivity contribution in [3.05, 3.63) is 34.9 Å². The Labute approximate surface area is 128 Å². The second kappa shape index (κ2) is 7.71. The monoisotopic (exact) mass is 289 g/mol. The van der Waals surface area contributed by atoms with E-state index in [1.165, 1.54) is 17.5 Å². The Kier molecular flexibility index (Phi) is 5.95. The number of ether oxygens (including phenoxy) is 1. The van der Waals surface area contributed by atoms with Gasteiger partial charge in [0.15, 0.2) is 5.78 Å². The number of rotatable bonds is 8. The average molecular weight is 289 g/mol. The molecule has 3 heteroatoms. The molecule has 116 valence electrons. The largest absolute Gasteiger partial charge is 0.383 e. The maximum absolute atomic E-state index is 12.6. The van der Waals surface area contributed by atoms with E-state index in [4.69, 9.17) is 4.74 Å². The van der Waals surface area contributed by atoms with E-state index >= 15 is 0 Å². The molecule has 21 heavy (non-hydrogen) atoms. The Morgan fingerprint density at radius 3 is 2.81 bits per heavy atom. The van der Waals surface area contributed by atoms with Gasteiger partial charge in [-0.3, -0.25) is 9.69 Å². The van der Waals surface area contributed by atoms with Crippen LogP contribution in [0.3, 0.4) is 0 Å². The van der Waals surface area contributed by atoms with Crippen molar-refractivity contribution in [3.8, 4) is 0 Å². The van der Waals surface area contributed by atoms with Gasteiger partial charge in [0.2, 0.25) is 0 Å². The first-order valence-electron chi connectivity index (χ1n) is 8.03. The highest BCUT2D eigenvalue weighted by atomic mass is 16.5. The van der Waals surface area contributed by atoms with E-state index in [0.29, 0.717) is 19.2 Å². The van der Waals surface area contributed by atoms with Gasteiger partial charge in [-0.2, -0.15) is 0 Å². The Bertz CT molecular complexity index is 484. The van der Waals surface area contributed by atoms with E-state index in [1.54, 1.807) is 7.11 Å². The van der Waals surface area contributed by atoms with Crippen LogP contribution < -0.4 is 0 Å². The van der Waals surface area contributed by atoms with Gasteiger partial charge in [0.1, 0.15) is 0 Å². The summed E-state index contributed by atoms with van der Waals surface area (Å²) in [6.07, 6.45) is 4.55. The van der Waals surface area contributed by atoms with Crippen molar-refractivity contribution in [3.63, 3.8) is 0 Å². The minimum atomic E-state index is 0.223. The summed E-state index contributed by atoms with van der Waals surface area (Å²) in [6.45, 7) is 6.29. The van der Waals surface area contributed by atoms with Crippen LogP contribution in [0.25, 0.3) is 0 Å². The fourth-order valence-electron chi connectivity index (χ4n) is 2.94. The molecule has 0 amide bonds. The topological polar surface area (TPSA) is 29.5 Å². The van der Waals surface area contributed by atoms with Gasteiger partial charge in [-0.25, -0.2) is 0 Å². The van der Waals surface area contributed by atoms with Crippen LogP contribution in [0.2, 0.25) is 0 Å². The molecule has 1 aliphatic rings. The third kappa shape index (κ3) is 4.14. The van der Waals surface area contributed by atoms with Crippen LogP contribution in [0.4, 0.5) is 0 Å². The molecule has 1 aromatic rings. The van der Waals surface area contributed by atoms with Crippen LogP contribution in [0, 0.1) is 0 Å². The van der Waals surface area contributed by atoms with Crippen LogP contribution in [0.15, 0.2) is 18.2 Å². The number of Topliss-reactive ketones (excluding diaryl/α,β-unsaturated/α-hetero) is 1. The number of fused-ring (bicyclic) bond motifs is 1. The van der Waals surface area contributed by atoms with E-state index in [2.05, 4.69) is 30.9 Å². The van der Waals surface area contributed by atoms with Crippen molar-refractivity contribution in [1.82, 2.24) is 4.90 Å². The molecular formula is C18H27NO2. The third-order valence-electron chi connectivity index (χ3n) is 4.56. The highest BCUT2D eigenvalue weighted by molar-refractivity contribution is 5.97. The van der Waals surface area contributed by atoms with Gasteiger partial charge in [-0.15, -0.1) is 0 Å². The molecule has 1 unspecified atom stereocenters. The summed E-state index contributed by atoms with van der Waals surface area (Å²) < 4.78 is 5.16. The molecule has 0 aromatic heterocycles. The highest BCUT2D eigenvalue weighted by Crippen LogP contribution is 2.23. The number of hydrogen-bond donors (Lipinski definition) is 0. The summed E-state index contributed by atoms with van der Waals surface area (Å²) in [5.74, 6) is 0.223. The second-order valence-electron chi connectivity index (χ2n) is 5.98. The lowest BCUT2D eigenvalue weighted by Crippen LogP contribution is -2.39. The van der Waals surface area contributed by atoms with Gasteiger partial charge in [-0.05, 0) is 49.8 Å². The van der Waals surface area contributed by atoms with Crippen molar-refractivity contribution >= 4 is 5.78 Å². The standard InChI is InChI=1S/C18H27NO2/c1-4-14(2)19(10-11-21-3)13-18(20)17-9-8-15-6-5-7-16(15)12-17/h8-9,12,14H,4-7,10-11,13H2,1-3H3. The van der Waals surface area contributed by atoms with Crippen LogP contribution in [-0.2, 0) is 17.6 Å². The molecule has 0 N–H and O–H groups in total. The Morgan fingerprint density at radius 1 is 1.33 bits per heavy atom. The summed E-state index contributed by atoms with van der Waals surface area (Å²) in [4.78, 5) is 14.8. The summed E-state index contributed by atoms with van der Waals surface area (Å²) in [6, 6.07) is 6.64. The molecule has 1 atom stereocenters. The lowest BCUT2D eigenvalue weighted by atomic mass is 10.0. The molecule has 0 spiro atoms. The summed E-state index contributed by atoms with van der Waals surface area (Å²) in [7, 11) is 1.71. The smallest absolute Gasteiger partial charge is 0.176 e. The van der Waals surface area contributed by atoms with Gasteiger partial charge in [0.25, 0.3) is 0 Å². The minimum absolute atomic E-state index is 0.223. The second-order valence-corrected chi connectivity index (χ2v) is 5.98. The van der Waals surface area contributed by atoms with E-state index < -0.39 is 0 Å². The molecule has 0 saturated carbocycles. The number of carbonyl (C=O) groups is 1. The molecular weight excluding hydrogens is 262 g/mol. The van der Waals surface area contributed by atoms with Crippen molar-refractivity contribution < 1.29 is 9.53 Å². The zero-order chi connectivity index (χ0) is 15.2. The molecule has 2 rings (SSSR count). The fraction of sp³-hybridized carbons (Fsp3) is 0.611. The fourth-order valence-corrected chi connectivity index (χ4v) is 2.94. The van der Waals surface area contributed by atoms with Gasteiger partial charge in [0.05, 0.1) is 13.2 Å². The summed E-state index contributed by atoms with van der Waals surface area (Å²) in [5, 5.41) is 0. The highest BCUT2D eigenvalue weighted by Gasteiger charge is 2.18. The minimum Gasteiger partial charge on any atom is -0.383 e. The van der Waals surface area contributed by atoms with Crippen molar-refractivity contribution in [2.75, 3.05) is 26.8 Å². The number of ketones is 1. The number of nitrogens with zero attached hydrogens (tertiary/aromatic N) is 1. The molecule has 1 aromatic carbocycles. The van der Waals surface area contributed by atoms with Gasteiger partial charge in [0, 0.05) is 25.3 Å². The van der Waals surface area contributed by atoms with Crippen LogP contribution in [-0.4, -0.2) is 43.5 Å². The van der Waals surface area contributed by atoms with Crippen molar-refractivity contribution in [2.45, 2.75) is 45.6 Å². The van der Waals surface area contributed by atoms with Crippen LogP contribution >= 0.6 is 0 Å². The third-order valence-corrected chi connectivity index (χ3v) is 4.56. The molecule has 1 aliphatic carbocycles. The maximum Gasteiger partial charge on any atom is 0.176 e.